The second-order valence-corrected chi connectivity index (χ2v) is 5.10. The second kappa shape index (κ2) is 5.54. The Morgan fingerprint density at radius 3 is 2.59 bits per heavy atom. The van der Waals surface area contributed by atoms with Crippen molar-refractivity contribution in [3.8, 4) is 5.75 Å². The fourth-order valence-electron chi connectivity index (χ4n) is 2.69. The van der Waals surface area contributed by atoms with E-state index < -0.39 is 0 Å². The number of methoxy groups -OCH3 is 1. The molecule has 0 atom stereocenters. The molecule has 0 radical (unpaired) electrons. The molecule has 0 bridgehead atoms. The van der Waals surface area contributed by atoms with Crippen LogP contribution in [0.2, 0.25) is 0 Å². The summed E-state index contributed by atoms with van der Waals surface area (Å²) >= 11 is 0. The minimum atomic E-state index is 0.812. The minimum absolute atomic E-state index is 0.812. The number of nitrogens with one attached hydrogen (secondary N) is 1. The first-order valence-electron chi connectivity index (χ1n) is 6.56. The molecular weight excluding hydrogens is 210 g/mol. The Bertz CT molecular complexity index is 381. The Balaban J connectivity index is 2.17. The predicted octanol–water partition coefficient (Wildman–Crippen LogP) is 2.85. The van der Waals surface area contributed by atoms with Crippen LogP contribution in [0.3, 0.4) is 0 Å². The lowest BCUT2D eigenvalue weighted by molar-refractivity contribution is 0.360. The molecule has 0 amide bonds. The maximum absolute atomic E-state index is 5.58. The van der Waals surface area contributed by atoms with Gasteiger partial charge in [0.05, 0.1) is 7.11 Å². The summed E-state index contributed by atoms with van der Waals surface area (Å²) in [5, 5.41) is 3.42. The Hall–Kier alpha value is -1.02. The van der Waals surface area contributed by atoms with Crippen LogP contribution in [0.5, 0.6) is 5.75 Å². The van der Waals surface area contributed by atoms with Crippen molar-refractivity contribution in [2.24, 2.45) is 5.92 Å². The van der Waals surface area contributed by atoms with Crippen LogP contribution < -0.4 is 10.1 Å². The van der Waals surface area contributed by atoms with Crippen LogP contribution in [0.15, 0.2) is 12.1 Å². The van der Waals surface area contributed by atoms with Gasteiger partial charge in [-0.1, -0.05) is 12.1 Å². The third-order valence-corrected chi connectivity index (χ3v) is 3.93. The van der Waals surface area contributed by atoms with Gasteiger partial charge in [-0.3, -0.25) is 0 Å². The molecule has 1 fully saturated rings. The van der Waals surface area contributed by atoms with Crippen LogP contribution in [0.4, 0.5) is 0 Å². The molecule has 2 rings (SSSR count). The molecule has 1 aromatic carbocycles. The molecule has 0 spiro atoms. The molecule has 1 heterocycles. The van der Waals surface area contributed by atoms with Crippen molar-refractivity contribution < 1.29 is 4.74 Å². The molecule has 0 aromatic heterocycles. The van der Waals surface area contributed by atoms with Gasteiger partial charge in [0.25, 0.3) is 0 Å². The lowest BCUT2D eigenvalue weighted by Gasteiger charge is -2.24. The molecule has 0 aliphatic carbocycles. The van der Waals surface area contributed by atoms with Gasteiger partial charge in [0.2, 0.25) is 0 Å². The highest BCUT2D eigenvalue weighted by molar-refractivity contribution is 5.45. The molecule has 1 aliphatic heterocycles. The number of ether oxygens (including phenoxy) is 1. The average molecular weight is 233 g/mol. The zero-order valence-electron chi connectivity index (χ0n) is 11.2. The quantitative estimate of drug-likeness (QED) is 0.867. The fraction of sp³-hybridized carbons (Fsp3) is 0.600. The summed E-state index contributed by atoms with van der Waals surface area (Å²) in [6.07, 6.45) is 3.73. The first-order chi connectivity index (χ1) is 8.22. The van der Waals surface area contributed by atoms with Gasteiger partial charge in [0.15, 0.2) is 0 Å². The summed E-state index contributed by atoms with van der Waals surface area (Å²) in [6, 6.07) is 4.46. The van der Waals surface area contributed by atoms with Gasteiger partial charge in [-0.15, -0.1) is 0 Å². The Morgan fingerprint density at radius 1 is 1.24 bits per heavy atom. The third kappa shape index (κ3) is 2.81. The van der Waals surface area contributed by atoms with E-state index in [0.29, 0.717) is 0 Å². The highest BCUT2D eigenvalue weighted by atomic mass is 16.5. The van der Waals surface area contributed by atoms with E-state index in [0.717, 1.165) is 31.2 Å². The van der Waals surface area contributed by atoms with Crippen LogP contribution in [0.25, 0.3) is 0 Å². The monoisotopic (exact) mass is 233 g/mol. The normalized spacial score (nSPS) is 17.1. The highest BCUT2D eigenvalue weighted by Crippen LogP contribution is 2.29. The van der Waals surface area contributed by atoms with Gasteiger partial charge in [-0.05, 0) is 68.8 Å². The molecule has 0 saturated carbocycles. The molecule has 2 heteroatoms. The lowest BCUT2D eigenvalue weighted by atomic mass is 9.89. The maximum Gasteiger partial charge on any atom is 0.125 e. The average Bonchev–Trinajstić information content (AvgIpc) is 2.36. The van der Waals surface area contributed by atoms with Crippen molar-refractivity contribution in [2.45, 2.75) is 33.1 Å². The largest absolute Gasteiger partial charge is 0.496 e. The SMILES string of the molecule is COc1c(CC2CCNCC2)ccc(C)c1C. The molecule has 2 nitrogen and oxygen atoms in total. The van der Waals surface area contributed by atoms with E-state index in [-0.39, 0.29) is 0 Å². The second-order valence-electron chi connectivity index (χ2n) is 5.10. The summed E-state index contributed by atoms with van der Waals surface area (Å²) in [7, 11) is 1.79. The summed E-state index contributed by atoms with van der Waals surface area (Å²) in [6.45, 7) is 6.63. The molecule has 1 saturated heterocycles. The zero-order valence-corrected chi connectivity index (χ0v) is 11.2. The summed E-state index contributed by atoms with van der Waals surface area (Å²) in [5.74, 6) is 1.91. The molecular formula is C15H23NO. The van der Waals surface area contributed by atoms with E-state index >= 15 is 0 Å². The van der Waals surface area contributed by atoms with E-state index in [1.807, 2.05) is 0 Å². The van der Waals surface area contributed by atoms with Crippen molar-refractivity contribution >= 4 is 0 Å². The van der Waals surface area contributed by atoms with Crippen molar-refractivity contribution in [1.29, 1.82) is 0 Å². The molecule has 1 aliphatic rings. The van der Waals surface area contributed by atoms with Gasteiger partial charge < -0.3 is 10.1 Å². The number of benzene rings is 1. The Kier molecular flexibility index (Phi) is 4.06. The number of hydrogen-bond acceptors (Lipinski definition) is 2. The van der Waals surface area contributed by atoms with Crippen LogP contribution in [0, 0.1) is 19.8 Å². The summed E-state index contributed by atoms with van der Waals surface area (Å²) < 4.78 is 5.58. The summed E-state index contributed by atoms with van der Waals surface area (Å²) in [4.78, 5) is 0. The van der Waals surface area contributed by atoms with Crippen molar-refractivity contribution in [3.63, 3.8) is 0 Å². The molecule has 0 unspecified atom stereocenters. The van der Waals surface area contributed by atoms with Crippen LogP contribution in [-0.2, 0) is 6.42 Å². The third-order valence-electron chi connectivity index (χ3n) is 3.93. The number of rotatable bonds is 3. The molecule has 17 heavy (non-hydrogen) atoms. The van der Waals surface area contributed by atoms with E-state index in [1.165, 1.54) is 29.5 Å². The maximum atomic E-state index is 5.58. The topological polar surface area (TPSA) is 21.3 Å². The van der Waals surface area contributed by atoms with Crippen molar-refractivity contribution in [3.05, 3.63) is 28.8 Å². The standard InChI is InChI=1S/C15H23NO/c1-11-4-5-14(15(17-3)12(11)2)10-13-6-8-16-9-7-13/h4-5,13,16H,6-10H2,1-3H3. The van der Waals surface area contributed by atoms with E-state index in [1.54, 1.807) is 7.11 Å². The Labute approximate surface area is 104 Å². The number of hydrogen-bond donors (Lipinski definition) is 1. The van der Waals surface area contributed by atoms with Crippen LogP contribution in [-0.4, -0.2) is 20.2 Å². The summed E-state index contributed by atoms with van der Waals surface area (Å²) in [5.41, 5.74) is 3.98. The zero-order chi connectivity index (χ0) is 12.3. The van der Waals surface area contributed by atoms with Crippen molar-refractivity contribution in [2.75, 3.05) is 20.2 Å². The number of aryl methyl sites for hydroxylation is 1. The van der Waals surface area contributed by atoms with E-state index in [9.17, 15) is 0 Å². The van der Waals surface area contributed by atoms with Gasteiger partial charge in [0.1, 0.15) is 5.75 Å². The molecule has 94 valence electrons. The van der Waals surface area contributed by atoms with Crippen LogP contribution in [0.1, 0.15) is 29.5 Å². The first kappa shape index (κ1) is 12.4. The smallest absolute Gasteiger partial charge is 0.125 e. The van der Waals surface area contributed by atoms with Crippen LogP contribution >= 0.6 is 0 Å². The van der Waals surface area contributed by atoms with E-state index in [4.69, 9.17) is 4.74 Å². The van der Waals surface area contributed by atoms with Gasteiger partial charge in [-0.25, -0.2) is 0 Å². The fourth-order valence-corrected chi connectivity index (χ4v) is 2.69. The van der Waals surface area contributed by atoms with Gasteiger partial charge in [-0.2, -0.15) is 0 Å². The lowest BCUT2D eigenvalue weighted by Crippen LogP contribution is -2.28. The highest BCUT2D eigenvalue weighted by Gasteiger charge is 2.17. The van der Waals surface area contributed by atoms with Gasteiger partial charge >= 0.3 is 0 Å². The minimum Gasteiger partial charge on any atom is -0.496 e. The Morgan fingerprint density at radius 2 is 1.94 bits per heavy atom. The predicted molar refractivity (Wildman–Crippen MR) is 71.8 cm³/mol. The number of piperidine rings is 1. The van der Waals surface area contributed by atoms with Gasteiger partial charge in [0, 0.05) is 0 Å². The molecule has 1 N–H and O–H groups in total. The first-order valence-corrected chi connectivity index (χ1v) is 6.56. The molecule has 1 aromatic rings. The van der Waals surface area contributed by atoms with Crippen molar-refractivity contribution in [1.82, 2.24) is 5.32 Å². The van der Waals surface area contributed by atoms with E-state index in [2.05, 4.69) is 31.3 Å².